The van der Waals surface area contributed by atoms with Crippen molar-refractivity contribution in [3.8, 4) is 17.0 Å². The second-order valence-electron chi connectivity index (χ2n) is 6.55. The van der Waals surface area contributed by atoms with E-state index in [1.807, 2.05) is 48.5 Å². The number of para-hydroxylation sites is 1. The fourth-order valence-electron chi connectivity index (χ4n) is 3.05. The Morgan fingerprint density at radius 2 is 1.77 bits per heavy atom. The maximum Gasteiger partial charge on any atom is 0.272 e. The van der Waals surface area contributed by atoms with Gasteiger partial charge in [-0.25, -0.2) is 14.8 Å². The van der Waals surface area contributed by atoms with Crippen LogP contribution in [0.1, 0.15) is 15.9 Å². The number of aromatic nitrogens is 1. The predicted molar refractivity (Wildman–Crippen MR) is 115 cm³/mol. The molecular formula is C24H18FN3O2. The van der Waals surface area contributed by atoms with Crippen molar-refractivity contribution in [3.05, 3.63) is 95.8 Å². The Kier molecular flexibility index (Phi) is 5.48. The molecule has 4 aromatic rings. The summed E-state index contributed by atoms with van der Waals surface area (Å²) in [6.45, 7) is 0. The normalized spacial score (nSPS) is 11.0. The molecule has 0 aliphatic heterocycles. The maximum atomic E-state index is 13.3. The van der Waals surface area contributed by atoms with Crippen LogP contribution in [0.15, 0.2) is 84.0 Å². The Balaban J connectivity index is 1.63. The first kappa shape index (κ1) is 19.3. The highest BCUT2D eigenvalue weighted by Gasteiger charge is 2.13. The fourth-order valence-corrected chi connectivity index (χ4v) is 3.05. The third-order valence-electron chi connectivity index (χ3n) is 4.60. The number of hydrogen-bond acceptors (Lipinski definition) is 4. The summed E-state index contributed by atoms with van der Waals surface area (Å²) in [6.07, 6.45) is 1.56. The minimum absolute atomic E-state index is 0.328. The molecule has 0 radical (unpaired) electrons. The number of halogens is 1. The molecule has 0 saturated carbocycles. The van der Waals surface area contributed by atoms with Crippen LogP contribution in [0.5, 0.6) is 5.75 Å². The number of ether oxygens (including phenoxy) is 1. The second kappa shape index (κ2) is 8.53. The van der Waals surface area contributed by atoms with Crippen LogP contribution in [0, 0.1) is 5.82 Å². The van der Waals surface area contributed by atoms with Crippen molar-refractivity contribution in [3.63, 3.8) is 0 Å². The highest BCUT2D eigenvalue weighted by molar-refractivity contribution is 6.07. The van der Waals surface area contributed by atoms with Gasteiger partial charge in [-0.05, 0) is 66.2 Å². The minimum atomic E-state index is -0.360. The number of nitrogens with zero attached hydrogens (tertiary/aromatic N) is 2. The number of carbonyl (C=O) groups excluding carboxylic acids is 1. The molecular weight excluding hydrogens is 381 g/mol. The van der Waals surface area contributed by atoms with Gasteiger partial charge in [-0.3, -0.25) is 4.79 Å². The third-order valence-corrected chi connectivity index (χ3v) is 4.60. The van der Waals surface area contributed by atoms with Crippen LogP contribution in [0.2, 0.25) is 0 Å². The summed E-state index contributed by atoms with van der Waals surface area (Å²) in [5.41, 5.74) is 5.80. The number of nitrogens with one attached hydrogen (secondary N) is 1. The van der Waals surface area contributed by atoms with Crippen LogP contribution >= 0.6 is 0 Å². The standard InChI is InChI=1S/C24H18FN3O2/c1-30-19-12-6-16(7-13-19)15-26-28-24(29)21-14-23(17-8-10-18(25)11-9-17)27-22-5-3-2-4-20(21)22/h2-15H,1H3,(H,28,29). The van der Waals surface area contributed by atoms with Crippen molar-refractivity contribution in [1.29, 1.82) is 0 Å². The lowest BCUT2D eigenvalue weighted by Gasteiger charge is -2.09. The van der Waals surface area contributed by atoms with Gasteiger partial charge < -0.3 is 4.74 Å². The number of fused-ring (bicyclic) bond motifs is 1. The molecule has 0 bridgehead atoms. The molecule has 4 rings (SSSR count). The molecule has 0 atom stereocenters. The maximum absolute atomic E-state index is 13.3. The fraction of sp³-hybridized carbons (Fsp3) is 0.0417. The minimum Gasteiger partial charge on any atom is -0.497 e. The van der Waals surface area contributed by atoms with Crippen LogP contribution in [0.4, 0.5) is 4.39 Å². The van der Waals surface area contributed by atoms with Gasteiger partial charge in [-0.15, -0.1) is 0 Å². The van der Waals surface area contributed by atoms with Crippen LogP contribution in [-0.2, 0) is 0 Å². The number of pyridine rings is 1. The van der Waals surface area contributed by atoms with E-state index in [2.05, 4.69) is 15.5 Å². The molecule has 0 saturated heterocycles. The zero-order valence-corrected chi connectivity index (χ0v) is 16.2. The van der Waals surface area contributed by atoms with Crippen molar-refractivity contribution in [2.75, 3.05) is 7.11 Å². The topological polar surface area (TPSA) is 63.6 Å². The number of methoxy groups -OCH3 is 1. The lowest BCUT2D eigenvalue weighted by molar-refractivity contribution is 0.0956. The SMILES string of the molecule is COc1ccc(C=NNC(=O)c2cc(-c3ccc(F)cc3)nc3ccccc23)cc1. The first-order valence-corrected chi connectivity index (χ1v) is 9.27. The van der Waals surface area contributed by atoms with Gasteiger partial charge in [0.1, 0.15) is 11.6 Å². The number of benzene rings is 3. The molecule has 1 amide bonds. The first-order chi connectivity index (χ1) is 14.6. The van der Waals surface area contributed by atoms with Gasteiger partial charge >= 0.3 is 0 Å². The summed E-state index contributed by atoms with van der Waals surface area (Å²) in [6, 6.07) is 22.4. The Bertz CT molecular complexity index is 1220. The molecule has 0 aliphatic rings. The Hall–Kier alpha value is -4.06. The highest BCUT2D eigenvalue weighted by Crippen LogP contribution is 2.25. The van der Waals surface area contributed by atoms with E-state index in [1.54, 1.807) is 31.5 Å². The number of carbonyl (C=O) groups is 1. The van der Waals surface area contributed by atoms with Gasteiger partial charge in [0, 0.05) is 10.9 Å². The summed E-state index contributed by atoms with van der Waals surface area (Å²) in [5.74, 6) is 0.0554. The number of amides is 1. The van der Waals surface area contributed by atoms with Gasteiger partial charge in [-0.2, -0.15) is 5.10 Å². The van der Waals surface area contributed by atoms with Gasteiger partial charge in [0.25, 0.3) is 5.91 Å². The Morgan fingerprint density at radius 3 is 2.50 bits per heavy atom. The molecule has 6 heteroatoms. The number of hydrazone groups is 1. The monoisotopic (exact) mass is 399 g/mol. The quantitative estimate of drug-likeness (QED) is 0.387. The van der Waals surface area contributed by atoms with Gasteiger partial charge in [0.15, 0.2) is 0 Å². The first-order valence-electron chi connectivity index (χ1n) is 9.27. The van der Waals surface area contributed by atoms with Gasteiger partial charge in [-0.1, -0.05) is 18.2 Å². The third kappa shape index (κ3) is 4.17. The molecule has 30 heavy (non-hydrogen) atoms. The zero-order valence-electron chi connectivity index (χ0n) is 16.2. The molecule has 0 unspecified atom stereocenters. The van der Waals surface area contributed by atoms with Crippen molar-refractivity contribution in [2.24, 2.45) is 5.10 Å². The van der Waals surface area contributed by atoms with Crippen LogP contribution < -0.4 is 10.2 Å². The van der Waals surface area contributed by atoms with E-state index in [4.69, 9.17) is 4.74 Å². The molecule has 0 spiro atoms. The molecule has 1 heterocycles. The molecule has 3 aromatic carbocycles. The summed E-state index contributed by atoms with van der Waals surface area (Å²) in [5, 5.41) is 4.77. The van der Waals surface area contributed by atoms with Gasteiger partial charge in [0.05, 0.1) is 30.1 Å². The Morgan fingerprint density at radius 1 is 1.03 bits per heavy atom. The lowest BCUT2D eigenvalue weighted by Crippen LogP contribution is -2.18. The smallest absolute Gasteiger partial charge is 0.272 e. The van der Waals surface area contributed by atoms with E-state index in [0.29, 0.717) is 22.2 Å². The molecule has 1 N–H and O–H groups in total. The molecule has 0 fully saturated rings. The average molecular weight is 399 g/mol. The summed E-state index contributed by atoms with van der Waals surface area (Å²) >= 11 is 0. The van der Waals surface area contributed by atoms with Gasteiger partial charge in [0.2, 0.25) is 0 Å². The summed E-state index contributed by atoms with van der Waals surface area (Å²) < 4.78 is 18.4. The number of rotatable bonds is 5. The molecule has 5 nitrogen and oxygen atoms in total. The molecule has 148 valence electrons. The zero-order chi connectivity index (χ0) is 20.9. The summed E-state index contributed by atoms with van der Waals surface area (Å²) in [7, 11) is 1.60. The van der Waals surface area contributed by atoms with E-state index in [-0.39, 0.29) is 11.7 Å². The highest BCUT2D eigenvalue weighted by atomic mass is 19.1. The Labute approximate surface area is 172 Å². The molecule has 1 aromatic heterocycles. The van der Waals surface area contributed by atoms with E-state index in [9.17, 15) is 9.18 Å². The van der Waals surface area contributed by atoms with E-state index in [1.165, 1.54) is 12.1 Å². The largest absolute Gasteiger partial charge is 0.497 e. The van der Waals surface area contributed by atoms with Crippen LogP contribution in [0.25, 0.3) is 22.2 Å². The van der Waals surface area contributed by atoms with E-state index in [0.717, 1.165) is 16.9 Å². The van der Waals surface area contributed by atoms with Crippen LogP contribution in [-0.4, -0.2) is 24.2 Å². The molecule has 0 aliphatic carbocycles. The summed E-state index contributed by atoms with van der Waals surface area (Å²) in [4.78, 5) is 17.5. The van der Waals surface area contributed by atoms with Crippen LogP contribution in [0.3, 0.4) is 0 Å². The van der Waals surface area contributed by atoms with E-state index >= 15 is 0 Å². The lowest BCUT2D eigenvalue weighted by atomic mass is 10.0. The average Bonchev–Trinajstić information content (AvgIpc) is 2.79. The van der Waals surface area contributed by atoms with Crippen molar-refractivity contribution >= 4 is 23.0 Å². The van der Waals surface area contributed by atoms with E-state index < -0.39 is 0 Å². The van der Waals surface area contributed by atoms with Crippen molar-refractivity contribution in [2.45, 2.75) is 0 Å². The number of hydrogen-bond donors (Lipinski definition) is 1. The predicted octanol–water partition coefficient (Wildman–Crippen LogP) is 4.81. The van der Waals surface area contributed by atoms with Crippen molar-refractivity contribution in [1.82, 2.24) is 10.4 Å². The second-order valence-corrected chi connectivity index (χ2v) is 6.55. The van der Waals surface area contributed by atoms with Crippen molar-refractivity contribution < 1.29 is 13.9 Å².